The van der Waals surface area contributed by atoms with E-state index in [-0.39, 0.29) is 24.0 Å². The van der Waals surface area contributed by atoms with Crippen LogP contribution in [0.25, 0.3) is 0 Å². The molecule has 2 aliphatic heterocycles. The van der Waals surface area contributed by atoms with Gasteiger partial charge in [0.15, 0.2) is 11.5 Å². The summed E-state index contributed by atoms with van der Waals surface area (Å²) in [6.07, 6.45) is 6.64. The van der Waals surface area contributed by atoms with Crippen LogP contribution in [-0.4, -0.2) is 59.0 Å². The number of fused-ring (bicyclic) bond motifs is 1. The predicted molar refractivity (Wildman–Crippen MR) is 169 cm³/mol. The third-order valence-electron chi connectivity index (χ3n) is 8.19. The van der Waals surface area contributed by atoms with Gasteiger partial charge in [0.25, 0.3) is 5.69 Å². The summed E-state index contributed by atoms with van der Waals surface area (Å²) < 4.78 is 22.5. The van der Waals surface area contributed by atoms with Gasteiger partial charge in [-0.25, -0.2) is 9.78 Å². The highest BCUT2D eigenvalue weighted by atomic mass is 16.6. The second-order valence-corrected chi connectivity index (χ2v) is 11.4. The van der Waals surface area contributed by atoms with Crippen LogP contribution in [0.5, 0.6) is 11.5 Å². The number of aromatic nitrogens is 2. The molecule has 0 bridgehead atoms. The summed E-state index contributed by atoms with van der Waals surface area (Å²) in [6, 6.07) is 13.6. The highest BCUT2D eigenvalue weighted by Gasteiger charge is 2.42. The Morgan fingerprint density at radius 3 is 2.63 bits per heavy atom. The minimum atomic E-state index is -0.915. The number of non-ortho nitro benzene ring substituents is 1. The van der Waals surface area contributed by atoms with E-state index in [1.807, 2.05) is 30.5 Å². The molecule has 46 heavy (non-hydrogen) atoms. The Kier molecular flexibility index (Phi) is 10.5. The van der Waals surface area contributed by atoms with Crippen molar-refractivity contribution in [2.24, 2.45) is 10.9 Å². The second kappa shape index (κ2) is 14.9. The van der Waals surface area contributed by atoms with Gasteiger partial charge in [-0.3, -0.25) is 19.9 Å². The van der Waals surface area contributed by atoms with Gasteiger partial charge < -0.3 is 23.9 Å². The number of hydrogen-bond acceptors (Lipinski definition) is 10. The number of carbonyl (C=O) groups excluding carboxylic acids is 2. The maximum absolute atomic E-state index is 13.4. The van der Waals surface area contributed by atoms with E-state index in [4.69, 9.17) is 18.9 Å². The first-order valence-electron chi connectivity index (χ1n) is 15.4. The van der Waals surface area contributed by atoms with Crippen LogP contribution in [-0.2, 0) is 31.9 Å². The molecule has 0 radical (unpaired) electrons. The highest BCUT2D eigenvalue weighted by Crippen LogP contribution is 2.41. The number of aliphatic imine (C=N–C) groups is 1. The van der Waals surface area contributed by atoms with Gasteiger partial charge >= 0.3 is 11.9 Å². The Morgan fingerprint density at radius 2 is 1.85 bits per heavy atom. The average Bonchev–Trinajstić information content (AvgIpc) is 3.50. The number of esters is 2. The van der Waals surface area contributed by atoms with Crippen LogP contribution in [0.2, 0.25) is 0 Å². The number of allylic oxidation sites excluding steroid dienone is 1. The maximum Gasteiger partial charge on any atom is 0.336 e. The Balaban J connectivity index is 1.10. The van der Waals surface area contributed by atoms with Gasteiger partial charge in [-0.2, -0.15) is 0 Å². The van der Waals surface area contributed by atoms with Gasteiger partial charge in [-0.15, -0.1) is 0 Å². The van der Waals surface area contributed by atoms with E-state index < -0.39 is 28.7 Å². The van der Waals surface area contributed by atoms with Crippen molar-refractivity contribution in [2.45, 2.75) is 64.4 Å². The number of para-hydroxylation sites is 2. The molecule has 12 nitrogen and oxygen atoms in total. The average molecular weight is 631 g/mol. The number of ether oxygens (including phenoxy) is 4. The van der Waals surface area contributed by atoms with E-state index in [2.05, 4.69) is 15.0 Å². The monoisotopic (exact) mass is 630 g/mol. The van der Waals surface area contributed by atoms with Crippen LogP contribution in [0.4, 0.5) is 5.69 Å². The normalized spacial score (nSPS) is 18.9. The van der Waals surface area contributed by atoms with Gasteiger partial charge in [0.1, 0.15) is 24.5 Å². The van der Waals surface area contributed by atoms with E-state index in [0.29, 0.717) is 36.4 Å². The molecule has 0 spiro atoms. The molecule has 0 aliphatic carbocycles. The number of nitro groups is 1. The van der Waals surface area contributed by atoms with Crippen molar-refractivity contribution in [2.75, 3.05) is 20.3 Å². The summed E-state index contributed by atoms with van der Waals surface area (Å²) in [6.45, 7) is 4.03. The van der Waals surface area contributed by atoms with Crippen LogP contribution in [0.3, 0.4) is 0 Å². The molecule has 1 N–H and O–H groups in total. The summed E-state index contributed by atoms with van der Waals surface area (Å²) >= 11 is 0. The van der Waals surface area contributed by atoms with E-state index in [9.17, 15) is 19.7 Å². The van der Waals surface area contributed by atoms with Gasteiger partial charge in [-0.05, 0) is 50.8 Å². The third kappa shape index (κ3) is 7.61. The van der Waals surface area contributed by atoms with Gasteiger partial charge in [-0.1, -0.05) is 37.1 Å². The Morgan fingerprint density at radius 1 is 1.07 bits per heavy atom. The van der Waals surface area contributed by atoms with Crippen molar-refractivity contribution in [1.82, 2.24) is 9.97 Å². The molecule has 0 amide bonds. The molecule has 3 heterocycles. The van der Waals surface area contributed by atoms with Crippen molar-refractivity contribution >= 4 is 23.3 Å². The number of H-pyrrole nitrogens is 1. The first kappa shape index (κ1) is 32.4. The molecule has 0 saturated carbocycles. The molecule has 12 heteroatoms. The Labute approximate surface area is 267 Å². The summed E-state index contributed by atoms with van der Waals surface area (Å²) in [5.74, 6) is -0.554. The van der Waals surface area contributed by atoms with E-state index in [1.165, 1.54) is 25.3 Å². The molecule has 2 aliphatic rings. The van der Waals surface area contributed by atoms with Crippen molar-refractivity contribution < 1.29 is 33.5 Å². The molecule has 2 aromatic carbocycles. The van der Waals surface area contributed by atoms with Gasteiger partial charge in [0, 0.05) is 47.8 Å². The van der Waals surface area contributed by atoms with Crippen LogP contribution < -0.4 is 9.47 Å². The second-order valence-electron chi connectivity index (χ2n) is 11.4. The van der Waals surface area contributed by atoms with Crippen molar-refractivity contribution in [1.29, 1.82) is 0 Å². The quantitative estimate of drug-likeness (QED) is 0.109. The van der Waals surface area contributed by atoms with Gasteiger partial charge in [0.05, 0.1) is 24.2 Å². The lowest BCUT2D eigenvalue weighted by Gasteiger charge is -2.31. The zero-order valence-corrected chi connectivity index (χ0v) is 26.2. The van der Waals surface area contributed by atoms with Crippen LogP contribution >= 0.6 is 0 Å². The Hall–Kier alpha value is -5.00. The lowest BCUT2D eigenvalue weighted by molar-refractivity contribution is -0.384. The van der Waals surface area contributed by atoms with E-state index >= 15 is 0 Å². The largest absolute Gasteiger partial charge is 0.486 e. The van der Waals surface area contributed by atoms with Gasteiger partial charge in [0.2, 0.25) is 0 Å². The zero-order valence-electron chi connectivity index (χ0n) is 26.2. The summed E-state index contributed by atoms with van der Waals surface area (Å²) in [4.78, 5) is 49.5. The lowest BCUT2D eigenvalue weighted by Crippen LogP contribution is -2.36. The highest BCUT2D eigenvalue weighted by molar-refractivity contribution is 6.07. The number of carbonyl (C=O) groups is 2. The molecule has 3 aromatic rings. The smallest absolute Gasteiger partial charge is 0.336 e. The molecule has 0 saturated heterocycles. The first-order valence-corrected chi connectivity index (χ1v) is 15.4. The number of hydrogen-bond donors (Lipinski definition) is 1. The molecule has 1 aromatic heterocycles. The first-order chi connectivity index (χ1) is 22.2. The summed E-state index contributed by atoms with van der Waals surface area (Å²) in [7, 11) is 1.26. The van der Waals surface area contributed by atoms with E-state index in [0.717, 1.165) is 48.7 Å². The number of benzene rings is 2. The van der Waals surface area contributed by atoms with Crippen LogP contribution in [0, 0.1) is 16.0 Å². The SMILES string of the molecule is COC(=O)C1C(C)=NC(C)=C(C(=O)OCCCCCCc2cnc(CC3COc4ccccc4O3)[nH]2)C1c1cccc([N+](=O)[O-])c1. The number of nitro benzene ring substituents is 1. The molecule has 5 rings (SSSR count). The molecule has 242 valence electrons. The molecular weight excluding hydrogens is 592 g/mol. The summed E-state index contributed by atoms with van der Waals surface area (Å²) in [5, 5.41) is 11.5. The topological polar surface area (TPSA) is 155 Å². The van der Waals surface area contributed by atoms with Crippen molar-refractivity contribution in [3.8, 4) is 11.5 Å². The van der Waals surface area contributed by atoms with Crippen LogP contribution in [0.1, 0.15) is 62.5 Å². The van der Waals surface area contributed by atoms with E-state index in [1.54, 1.807) is 19.9 Å². The van der Waals surface area contributed by atoms with Crippen molar-refractivity contribution in [3.63, 3.8) is 0 Å². The number of aryl methyl sites for hydroxylation is 1. The number of imidazole rings is 1. The number of nitrogens with zero attached hydrogens (tertiary/aromatic N) is 3. The maximum atomic E-state index is 13.4. The predicted octanol–water partition coefficient (Wildman–Crippen LogP) is 5.67. The number of unbranched alkanes of at least 4 members (excludes halogenated alkanes) is 3. The molecular formula is C34H38N4O8. The number of nitrogens with one attached hydrogen (secondary N) is 1. The lowest BCUT2D eigenvalue weighted by atomic mass is 9.75. The summed E-state index contributed by atoms with van der Waals surface area (Å²) in [5.41, 5.74) is 2.43. The number of methoxy groups -OCH3 is 1. The minimum Gasteiger partial charge on any atom is -0.486 e. The number of aromatic amines is 1. The fourth-order valence-corrected chi connectivity index (χ4v) is 5.96. The number of rotatable bonds is 13. The Bertz CT molecular complexity index is 1640. The zero-order chi connectivity index (χ0) is 32.6. The molecule has 3 unspecified atom stereocenters. The molecule has 3 atom stereocenters. The van der Waals surface area contributed by atoms with Crippen LogP contribution in [0.15, 0.2) is 71.0 Å². The standard InChI is InChI=1S/C34H38N4O8/c1-21-30(33(39)43-3)32(23-11-10-13-25(17-23)38(41)42)31(22(2)36-21)34(40)44-16-9-5-4-6-12-24-19-35-29(37-24)18-26-20-45-27-14-7-8-15-28(27)46-26/h7-8,10-11,13-15,17,19,26,30,32H,4-6,9,12,16,18,20H2,1-3H3,(H,35,37). The molecule has 0 fully saturated rings. The fourth-order valence-electron chi connectivity index (χ4n) is 5.96. The minimum absolute atomic E-state index is 0.103. The van der Waals surface area contributed by atoms with Crippen molar-refractivity contribution in [3.05, 3.63) is 93.2 Å². The third-order valence-corrected chi connectivity index (χ3v) is 8.19. The fraction of sp³-hybridized carbons (Fsp3) is 0.412.